The maximum atomic E-state index is 2.42. The first-order valence-corrected chi connectivity index (χ1v) is 13.3. The Balaban J connectivity index is 3.46. The van der Waals surface area contributed by atoms with E-state index in [0.29, 0.717) is 0 Å². The summed E-state index contributed by atoms with van der Waals surface area (Å²) in [4.78, 5) is 4.64. The van der Waals surface area contributed by atoms with Crippen LogP contribution in [0.3, 0.4) is 0 Å². The minimum absolute atomic E-state index is 1.07. The fourth-order valence-electron chi connectivity index (χ4n) is 1.94. The van der Waals surface area contributed by atoms with Crippen molar-refractivity contribution in [2.75, 3.05) is 41.3 Å². The van der Waals surface area contributed by atoms with Crippen LogP contribution in [-0.2, 0) is 0 Å². The molecular formula is C12H30N2Sn. The summed E-state index contributed by atoms with van der Waals surface area (Å²) in [6.07, 6.45) is 2.90. The Labute approximate surface area is 104 Å². The molecule has 0 bridgehead atoms. The average Bonchev–Trinajstić information content (AvgIpc) is 2.14. The van der Waals surface area contributed by atoms with E-state index in [2.05, 4.69) is 44.9 Å². The van der Waals surface area contributed by atoms with Crippen molar-refractivity contribution in [2.24, 2.45) is 0 Å². The standard InChI is InChI=1S/2C5H12N.C2H5.Sn.H/c2*1-4-5-6(2)3;1-2;;/h2*1,4-5H2,2-3H3;1H2,2H3;;. The fourth-order valence-corrected chi connectivity index (χ4v) is 9.44. The second kappa shape index (κ2) is 9.91. The molecule has 0 rings (SSSR count). The zero-order valence-electron chi connectivity index (χ0n) is 11.4. The van der Waals surface area contributed by atoms with Gasteiger partial charge in [0.15, 0.2) is 0 Å². The van der Waals surface area contributed by atoms with Crippen LogP contribution in [0.2, 0.25) is 13.3 Å². The van der Waals surface area contributed by atoms with Crippen molar-refractivity contribution in [2.45, 2.75) is 33.1 Å². The van der Waals surface area contributed by atoms with Gasteiger partial charge in [0.1, 0.15) is 0 Å². The van der Waals surface area contributed by atoms with Crippen LogP contribution in [0.25, 0.3) is 0 Å². The molecule has 0 amide bonds. The first-order chi connectivity index (χ1) is 7.06. The van der Waals surface area contributed by atoms with E-state index >= 15 is 0 Å². The molecule has 0 aromatic rings. The van der Waals surface area contributed by atoms with Crippen LogP contribution in [0.1, 0.15) is 19.8 Å². The Morgan fingerprint density at radius 2 is 1.20 bits per heavy atom. The predicted octanol–water partition coefficient (Wildman–Crippen LogP) is 2.14. The van der Waals surface area contributed by atoms with Crippen LogP contribution in [-0.4, -0.2) is 70.8 Å². The Bertz CT molecular complexity index is 124. The minimum atomic E-state index is -1.07. The summed E-state index contributed by atoms with van der Waals surface area (Å²) in [7, 11) is 8.73. The predicted molar refractivity (Wildman–Crippen MR) is 73.6 cm³/mol. The molecule has 92 valence electrons. The van der Waals surface area contributed by atoms with Crippen LogP contribution in [0.5, 0.6) is 0 Å². The second-order valence-corrected chi connectivity index (χ2v) is 15.7. The molecule has 2 nitrogen and oxygen atoms in total. The van der Waals surface area contributed by atoms with Crippen LogP contribution < -0.4 is 0 Å². The quantitative estimate of drug-likeness (QED) is 0.601. The summed E-state index contributed by atoms with van der Waals surface area (Å²) in [5.74, 6) is 0. The van der Waals surface area contributed by atoms with Crippen molar-refractivity contribution in [3.05, 3.63) is 0 Å². The monoisotopic (exact) mass is 322 g/mol. The van der Waals surface area contributed by atoms with E-state index in [1.807, 2.05) is 0 Å². The number of nitrogens with zero attached hydrogens (tertiary/aromatic N) is 2. The molecule has 0 aliphatic rings. The number of rotatable bonds is 9. The molecule has 0 aromatic carbocycles. The Morgan fingerprint density at radius 3 is 1.47 bits per heavy atom. The zero-order chi connectivity index (χ0) is 11.7. The van der Waals surface area contributed by atoms with E-state index < -0.39 is 19.8 Å². The third kappa shape index (κ3) is 11.0. The summed E-state index contributed by atoms with van der Waals surface area (Å²) >= 11 is -1.07. The topological polar surface area (TPSA) is 6.48 Å². The summed E-state index contributed by atoms with van der Waals surface area (Å²) in [5.41, 5.74) is 0. The van der Waals surface area contributed by atoms with Gasteiger partial charge < -0.3 is 0 Å². The van der Waals surface area contributed by atoms with E-state index in [-0.39, 0.29) is 0 Å². The molecule has 3 heteroatoms. The van der Waals surface area contributed by atoms with Gasteiger partial charge in [0.25, 0.3) is 0 Å². The number of hydrogen-bond donors (Lipinski definition) is 0. The average molecular weight is 321 g/mol. The molecule has 0 unspecified atom stereocenters. The van der Waals surface area contributed by atoms with E-state index in [1.165, 1.54) is 25.9 Å². The Hall–Kier alpha value is 0.719. The molecular weight excluding hydrogens is 291 g/mol. The summed E-state index contributed by atoms with van der Waals surface area (Å²) in [6, 6.07) is 0. The van der Waals surface area contributed by atoms with Crippen LogP contribution in [0, 0.1) is 0 Å². The van der Waals surface area contributed by atoms with Crippen LogP contribution in [0.4, 0.5) is 0 Å². The van der Waals surface area contributed by atoms with Gasteiger partial charge in [-0.05, 0) is 0 Å². The van der Waals surface area contributed by atoms with Gasteiger partial charge in [-0.2, -0.15) is 0 Å². The summed E-state index contributed by atoms with van der Waals surface area (Å²) in [6.45, 7) is 5.01. The van der Waals surface area contributed by atoms with Gasteiger partial charge >= 0.3 is 104 Å². The van der Waals surface area contributed by atoms with Crippen molar-refractivity contribution in [3.8, 4) is 0 Å². The first kappa shape index (κ1) is 15.7. The third-order valence-electron chi connectivity index (χ3n) is 3.01. The Morgan fingerprint density at radius 1 is 0.800 bits per heavy atom. The van der Waals surface area contributed by atoms with Crippen molar-refractivity contribution in [3.63, 3.8) is 0 Å². The molecule has 0 fully saturated rings. The maximum absolute atomic E-state index is 2.42. The Kier molecular flexibility index (Phi) is 10.4. The third-order valence-corrected chi connectivity index (χ3v) is 13.3. The summed E-state index contributed by atoms with van der Waals surface area (Å²) < 4.78 is 4.79. The fraction of sp³-hybridized carbons (Fsp3) is 1.00. The molecule has 0 saturated carbocycles. The number of hydrogen-bond acceptors (Lipinski definition) is 2. The van der Waals surface area contributed by atoms with Gasteiger partial charge in [0, 0.05) is 0 Å². The van der Waals surface area contributed by atoms with Crippen LogP contribution in [0.15, 0.2) is 0 Å². The molecule has 0 saturated heterocycles. The summed E-state index contributed by atoms with van der Waals surface area (Å²) in [5, 5.41) is 0. The van der Waals surface area contributed by atoms with Gasteiger partial charge in [-0.15, -0.1) is 0 Å². The van der Waals surface area contributed by atoms with Crippen molar-refractivity contribution in [1.82, 2.24) is 9.80 Å². The van der Waals surface area contributed by atoms with E-state index in [1.54, 1.807) is 13.3 Å². The SMILES string of the molecule is C[CH2][SnH]([CH2]CCN(C)C)[CH2]CCN(C)C. The normalized spacial score (nSPS) is 12.0. The zero-order valence-corrected chi connectivity index (χ0v) is 14.7. The molecule has 0 aromatic heterocycles. The van der Waals surface area contributed by atoms with Gasteiger partial charge in [-0.25, -0.2) is 0 Å². The molecule has 0 aliphatic heterocycles. The molecule has 0 heterocycles. The molecule has 0 radical (unpaired) electrons. The van der Waals surface area contributed by atoms with Crippen molar-refractivity contribution >= 4 is 19.8 Å². The van der Waals surface area contributed by atoms with Crippen LogP contribution >= 0.6 is 0 Å². The van der Waals surface area contributed by atoms with E-state index in [0.717, 1.165) is 0 Å². The van der Waals surface area contributed by atoms with E-state index in [9.17, 15) is 0 Å². The van der Waals surface area contributed by atoms with E-state index in [4.69, 9.17) is 0 Å². The molecule has 0 atom stereocenters. The van der Waals surface area contributed by atoms with Gasteiger partial charge in [0.05, 0.1) is 0 Å². The molecule has 0 aliphatic carbocycles. The molecule has 0 spiro atoms. The van der Waals surface area contributed by atoms with Gasteiger partial charge in [0.2, 0.25) is 0 Å². The van der Waals surface area contributed by atoms with Crippen molar-refractivity contribution in [1.29, 1.82) is 0 Å². The molecule has 15 heavy (non-hydrogen) atoms. The van der Waals surface area contributed by atoms with Crippen molar-refractivity contribution < 1.29 is 0 Å². The van der Waals surface area contributed by atoms with Gasteiger partial charge in [-0.3, -0.25) is 0 Å². The second-order valence-electron chi connectivity index (χ2n) is 5.17. The van der Waals surface area contributed by atoms with Gasteiger partial charge in [-0.1, -0.05) is 0 Å². The first-order valence-electron chi connectivity index (χ1n) is 6.35. The molecule has 0 N–H and O–H groups in total.